The number of carbonyl (C=O) groups excluding carboxylic acids is 1. The highest BCUT2D eigenvalue weighted by Gasteiger charge is 2.17. The van der Waals surface area contributed by atoms with E-state index in [9.17, 15) is 17.9 Å². The van der Waals surface area contributed by atoms with Crippen LogP contribution in [0.5, 0.6) is 0 Å². The summed E-state index contributed by atoms with van der Waals surface area (Å²) in [7, 11) is 0. The van der Waals surface area contributed by atoms with Crippen LogP contribution in [0.2, 0.25) is 0 Å². The van der Waals surface area contributed by atoms with Crippen molar-refractivity contribution in [2.75, 3.05) is 9.62 Å². The Balaban J connectivity index is 1.59. The normalized spacial score (nSPS) is 11.7. The molecule has 162 valence electrons. The maximum atomic E-state index is 13.2. The molecule has 1 aromatic heterocycles. The average molecular weight is 451 g/mol. The van der Waals surface area contributed by atoms with Crippen molar-refractivity contribution in [2.24, 2.45) is 0 Å². The first-order valence-corrected chi connectivity index (χ1v) is 10.6. The van der Waals surface area contributed by atoms with Crippen LogP contribution in [-0.2, 0) is 11.3 Å². The molecule has 1 heterocycles. The lowest BCUT2D eigenvalue weighted by Gasteiger charge is -2.21. The highest BCUT2D eigenvalue weighted by molar-refractivity contribution is 7.81. The zero-order valence-corrected chi connectivity index (χ0v) is 17.7. The molecule has 0 saturated heterocycles. The molecule has 32 heavy (non-hydrogen) atoms. The fraction of sp³-hybridized carbons (Fsp3) is 0.0435. The van der Waals surface area contributed by atoms with E-state index < -0.39 is 11.3 Å². The third kappa shape index (κ3) is 4.74. The number of nitrogens with zero attached hydrogens (tertiary/aromatic N) is 2. The molecule has 2 N–H and O–H groups in total. The summed E-state index contributed by atoms with van der Waals surface area (Å²) in [6.45, 7) is 1.71. The average Bonchev–Trinajstić information content (AvgIpc) is 3.19. The molecule has 0 aliphatic heterocycles. The van der Waals surface area contributed by atoms with Crippen LogP contribution in [0.25, 0.3) is 11.1 Å². The number of aryl methyl sites for hydroxylation is 1. The fourth-order valence-corrected chi connectivity index (χ4v) is 3.74. The van der Waals surface area contributed by atoms with Crippen molar-refractivity contribution in [1.29, 1.82) is 0 Å². The van der Waals surface area contributed by atoms with Gasteiger partial charge in [-0.05, 0) is 66.6 Å². The molecule has 4 rings (SSSR count). The second-order valence-electron chi connectivity index (χ2n) is 6.91. The van der Waals surface area contributed by atoms with Gasteiger partial charge in [-0.3, -0.25) is 9.35 Å². The van der Waals surface area contributed by atoms with Crippen molar-refractivity contribution >= 4 is 34.4 Å². The number of rotatable bonds is 6. The smallest absolute Gasteiger partial charge is 0.266 e. The molecule has 1 atom stereocenters. The monoisotopic (exact) mass is 451 g/mol. The second-order valence-corrected chi connectivity index (χ2v) is 7.73. The maximum Gasteiger partial charge on any atom is 0.266 e. The minimum absolute atomic E-state index is 0.298. The van der Waals surface area contributed by atoms with Crippen LogP contribution >= 0.6 is 0 Å². The van der Waals surface area contributed by atoms with Gasteiger partial charge in [0.25, 0.3) is 17.2 Å². The molecule has 1 amide bonds. The lowest BCUT2D eigenvalue weighted by Crippen LogP contribution is -2.19. The first-order valence-electron chi connectivity index (χ1n) is 9.52. The van der Waals surface area contributed by atoms with Gasteiger partial charge in [0.05, 0.1) is 11.4 Å². The highest BCUT2D eigenvalue weighted by atomic mass is 32.2. The molecule has 4 aromatic rings. The summed E-state index contributed by atoms with van der Waals surface area (Å²) >= 11 is -2.37. The van der Waals surface area contributed by atoms with Crippen molar-refractivity contribution < 1.29 is 22.5 Å². The molecule has 0 bridgehead atoms. The van der Waals surface area contributed by atoms with Crippen molar-refractivity contribution in [3.8, 4) is 11.1 Å². The minimum atomic E-state index is -2.37. The van der Waals surface area contributed by atoms with Gasteiger partial charge >= 0.3 is 0 Å². The summed E-state index contributed by atoms with van der Waals surface area (Å²) in [5.41, 5.74) is 2.75. The van der Waals surface area contributed by atoms with Crippen LogP contribution in [0.15, 0.2) is 83.4 Å². The lowest BCUT2D eigenvalue weighted by molar-refractivity contribution is 0.102. The Morgan fingerprint density at radius 1 is 1.00 bits per heavy atom. The standard InChI is InChI=1S/C23H18FN3O4S/c1-15-13-22(26-31-15)25-23(28)17-7-11-20(12-8-17)27(32(29)30)21-4-2-3-18(14-21)16-5-9-19(24)10-6-16/h2-14H,1H3,(H,29,30)(H,25,26,28). The Kier molecular flexibility index (Phi) is 6.11. The highest BCUT2D eigenvalue weighted by Crippen LogP contribution is 2.31. The summed E-state index contributed by atoms with van der Waals surface area (Å²) in [6.07, 6.45) is 0. The first-order chi connectivity index (χ1) is 15.4. The number of halogens is 1. The Hall–Kier alpha value is -3.82. The predicted molar refractivity (Wildman–Crippen MR) is 120 cm³/mol. The van der Waals surface area contributed by atoms with Gasteiger partial charge in [-0.25, -0.2) is 12.9 Å². The molecular formula is C23H18FN3O4S. The number of benzene rings is 3. The van der Waals surface area contributed by atoms with E-state index in [1.165, 1.54) is 16.4 Å². The molecule has 0 aliphatic rings. The quantitative estimate of drug-likeness (QED) is 0.387. The van der Waals surface area contributed by atoms with E-state index in [1.54, 1.807) is 67.6 Å². The van der Waals surface area contributed by atoms with Crippen molar-refractivity contribution in [2.45, 2.75) is 6.92 Å². The van der Waals surface area contributed by atoms with Gasteiger partial charge in [0.2, 0.25) is 0 Å². The Morgan fingerprint density at radius 2 is 1.72 bits per heavy atom. The SMILES string of the molecule is Cc1cc(NC(=O)c2ccc(N(c3cccc(-c4ccc(F)cc4)c3)S(=O)O)cc2)no1. The Morgan fingerprint density at radius 3 is 2.34 bits per heavy atom. The summed E-state index contributed by atoms with van der Waals surface area (Å²) < 4.78 is 41.5. The largest absolute Gasteiger partial charge is 0.360 e. The number of carbonyl (C=O) groups is 1. The number of nitrogens with one attached hydrogen (secondary N) is 1. The van der Waals surface area contributed by atoms with E-state index in [0.717, 1.165) is 11.1 Å². The van der Waals surface area contributed by atoms with Gasteiger partial charge in [-0.1, -0.05) is 29.4 Å². The van der Waals surface area contributed by atoms with E-state index in [4.69, 9.17) is 4.52 Å². The van der Waals surface area contributed by atoms with E-state index in [1.807, 2.05) is 6.07 Å². The second kappa shape index (κ2) is 9.13. The first kappa shape index (κ1) is 21.4. The van der Waals surface area contributed by atoms with Crippen LogP contribution < -0.4 is 9.62 Å². The maximum absolute atomic E-state index is 13.2. The number of aromatic nitrogens is 1. The van der Waals surface area contributed by atoms with E-state index in [0.29, 0.717) is 28.5 Å². The van der Waals surface area contributed by atoms with Gasteiger partial charge in [-0.15, -0.1) is 0 Å². The molecule has 7 nitrogen and oxygen atoms in total. The summed E-state index contributed by atoms with van der Waals surface area (Å²) in [4.78, 5) is 12.4. The van der Waals surface area contributed by atoms with Crippen molar-refractivity contribution in [3.05, 3.63) is 96.0 Å². The van der Waals surface area contributed by atoms with E-state index in [-0.39, 0.29) is 11.7 Å². The third-order valence-electron chi connectivity index (χ3n) is 4.65. The van der Waals surface area contributed by atoms with Gasteiger partial charge in [0.15, 0.2) is 5.82 Å². The number of amides is 1. The molecule has 9 heteroatoms. The summed E-state index contributed by atoms with van der Waals surface area (Å²) in [5.74, 6) is 0.137. The minimum Gasteiger partial charge on any atom is -0.360 e. The molecule has 3 aromatic carbocycles. The third-order valence-corrected chi connectivity index (χ3v) is 5.38. The van der Waals surface area contributed by atoms with Crippen LogP contribution in [-0.4, -0.2) is 19.8 Å². The van der Waals surface area contributed by atoms with Gasteiger partial charge in [0.1, 0.15) is 11.6 Å². The number of anilines is 3. The number of hydrogen-bond acceptors (Lipinski definition) is 4. The fourth-order valence-electron chi connectivity index (χ4n) is 3.15. The topological polar surface area (TPSA) is 95.7 Å². The van der Waals surface area contributed by atoms with Crippen LogP contribution in [0, 0.1) is 12.7 Å². The molecule has 0 spiro atoms. The molecular weight excluding hydrogens is 433 g/mol. The predicted octanol–water partition coefficient (Wildman–Crippen LogP) is 5.32. The van der Waals surface area contributed by atoms with Crippen molar-refractivity contribution in [1.82, 2.24) is 5.16 Å². The molecule has 1 unspecified atom stereocenters. The van der Waals surface area contributed by atoms with Crippen molar-refractivity contribution in [3.63, 3.8) is 0 Å². The molecule has 0 saturated carbocycles. The Bertz CT molecular complexity index is 1270. The van der Waals surface area contributed by atoms with Gasteiger partial charge in [0, 0.05) is 11.6 Å². The molecule has 0 radical (unpaired) electrons. The van der Waals surface area contributed by atoms with E-state index >= 15 is 0 Å². The van der Waals surface area contributed by atoms with E-state index in [2.05, 4.69) is 10.5 Å². The summed E-state index contributed by atoms with van der Waals surface area (Å²) in [6, 6.07) is 20.8. The van der Waals surface area contributed by atoms with Crippen LogP contribution in [0.1, 0.15) is 16.1 Å². The van der Waals surface area contributed by atoms with Gasteiger partial charge in [-0.2, -0.15) is 0 Å². The number of hydrogen-bond donors (Lipinski definition) is 2. The molecule has 0 fully saturated rings. The molecule has 0 aliphatic carbocycles. The Labute approximate surface area is 185 Å². The van der Waals surface area contributed by atoms with Crippen LogP contribution in [0.4, 0.5) is 21.6 Å². The van der Waals surface area contributed by atoms with Gasteiger partial charge < -0.3 is 9.84 Å². The zero-order valence-electron chi connectivity index (χ0n) is 16.9. The van der Waals surface area contributed by atoms with Crippen LogP contribution in [0.3, 0.4) is 0 Å². The summed E-state index contributed by atoms with van der Waals surface area (Å²) in [5, 5.41) is 6.34. The lowest BCUT2D eigenvalue weighted by atomic mass is 10.0. The zero-order chi connectivity index (χ0) is 22.7.